The number of ketones is 1. The van der Waals surface area contributed by atoms with E-state index in [1.165, 1.54) is 0 Å². The SMILES string of the molecule is O=C(O)CNC(=O)CCC(=O)c1ccc(-c2ccccc2)cc1. The van der Waals surface area contributed by atoms with E-state index < -0.39 is 18.4 Å². The van der Waals surface area contributed by atoms with Gasteiger partial charge in [-0.1, -0.05) is 54.6 Å². The number of aliphatic carboxylic acids is 1. The van der Waals surface area contributed by atoms with Gasteiger partial charge in [-0.2, -0.15) is 0 Å². The van der Waals surface area contributed by atoms with Crippen LogP contribution in [0.15, 0.2) is 54.6 Å². The molecule has 0 spiro atoms. The molecular weight excluding hydrogens is 294 g/mol. The van der Waals surface area contributed by atoms with Crippen molar-refractivity contribution in [2.75, 3.05) is 6.54 Å². The van der Waals surface area contributed by atoms with E-state index in [9.17, 15) is 14.4 Å². The Balaban J connectivity index is 1.90. The number of hydrogen-bond donors (Lipinski definition) is 2. The third-order valence-corrected chi connectivity index (χ3v) is 3.33. The van der Waals surface area contributed by atoms with Gasteiger partial charge in [0.25, 0.3) is 0 Å². The molecule has 0 aliphatic rings. The largest absolute Gasteiger partial charge is 0.480 e. The van der Waals surface area contributed by atoms with Gasteiger partial charge in [0.2, 0.25) is 5.91 Å². The lowest BCUT2D eigenvalue weighted by Gasteiger charge is -2.05. The van der Waals surface area contributed by atoms with Gasteiger partial charge in [0.15, 0.2) is 5.78 Å². The highest BCUT2D eigenvalue weighted by atomic mass is 16.4. The molecule has 0 fully saturated rings. The van der Waals surface area contributed by atoms with Gasteiger partial charge in [-0.25, -0.2) is 0 Å². The molecule has 0 saturated carbocycles. The number of hydrogen-bond acceptors (Lipinski definition) is 3. The molecule has 0 heterocycles. The normalized spacial score (nSPS) is 10.1. The van der Waals surface area contributed by atoms with Gasteiger partial charge in [0, 0.05) is 18.4 Å². The minimum Gasteiger partial charge on any atom is -0.480 e. The van der Waals surface area contributed by atoms with Crippen LogP contribution in [0.5, 0.6) is 0 Å². The second kappa shape index (κ2) is 7.89. The molecule has 118 valence electrons. The highest BCUT2D eigenvalue weighted by molar-refractivity contribution is 5.98. The summed E-state index contributed by atoms with van der Waals surface area (Å²) in [6, 6.07) is 17.0. The zero-order valence-electron chi connectivity index (χ0n) is 12.5. The predicted molar refractivity (Wildman–Crippen MR) is 86.1 cm³/mol. The van der Waals surface area contributed by atoms with Gasteiger partial charge in [-0.15, -0.1) is 0 Å². The van der Waals surface area contributed by atoms with Crippen molar-refractivity contribution in [2.24, 2.45) is 0 Å². The smallest absolute Gasteiger partial charge is 0.322 e. The second-order valence-corrected chi connectivity index (χ2v) is 5.04. The van der Waals surface area contributed by atoms with Crippen LogP contribution in [0.1, 0.15) is 23.2 Å². The van der Waals surface area contributed by atoms with Crippen molar-refractivity contribution in [3.05, 3.63) is 60.2 Å². The van der Waals surface area contributed by atoms with Gasteiger partial charge >= 0.3 is 5.97 Å². The van der Waals surface area contributed by atoms with Crippen LogP contribution >= 0.6 is 0 Å². The Hall–Kier alpha value is -2.95. The predicted octanol–water partition coefficient (Wildman–Crippen LogP) is 2.52. The minimum absolute atomic E-state index is 0.0213. The molecule has 2 aromatic rings. The first-order valence-electron chi connectivity index (χ1n) is 7.23. The van der Waals surface area contributed by atoms with E-state index in [0.717, 1.165) is 11.1 Å². The van der Waals surface area contributed by atoms with E-state index in [1.807, 2.05) is 42.5 Å². The monoisotopic (exact) mass is 311 g/mol. The molecule has 0 atom stereocenters. The topological polar surface area (TPSA) is 83.5 Å². The molecule has 0 unspecified atom stereocenters. The lowest BCUT2D eigenvalue weighted by Crippen LogP contribution is -2.29. The van der Waals surface area contributed by atoms with Crippen molar-refractivity contribution in [1.29, 1.82) is 0 Å². The lowest BCUT2D eigenvalue weighted by atomic mass is 10.0. The molecule has 5 nitrogen and oxygen atoms in total. The molecule has 0 radical (unpaired) electrons. The van der Waals surface area contributed by atoms with E-state index in [-0.39, 0.29) is 18.6 Å². The van der Waals surface area contributed by atoms with Crippen molar-refractivity contribution in [1.82, 2.24) is 5.32 Å². The third kappa shape index (κ3) is 5.07. The Labute approximate surface area is 134 Å². The van der Waals surface area contributed by atoms with Gasteiger partial charge in [0.05, 0.1) is 0 Å². The molecule has 0 saturated heterocycles. The van der Waals surface area contributed by atoms with Crippen LogP contribution in [0.2, 0.25) is 0 Å². The third-order valence-electron chi connectivity index (χ3n) is 3.33. The molecule has 23 heavy (non-hydrogen) atoms. The standard InChI is InChI=1S/C18H17NO4/c20-16(10-11-17(21)19-12-18(22)23)15-8-6-14(7-9-15)13-4-2-1-3-5-13/h1-9H,10-12H2,(H,19,21)(H,22,23). The number of rotatable bonds is 7. The quantitative estimate of drug-likeness (QED) is 0.770. The molecule has 0 bridgehead atoms. The van der Waals surface area contributed by atoms with Gasteiger partial charge < -0.3 is 10.4 Å². The summed E-state index contributed by atoms with van der Waals surface area (Å²) in [5.41, 5.74) is 2.62. The van der Waals surface area contributed by atoms with Crippen molar-refractivity contribution >= 4 is 17.7 Å². The summed E-state index contributed by atoms with van der Waals surface area (Å²) in [4.78, 5) is 33.8. The van der Waals surface area contributed by atoms with Crippen LogP contribution < -0.4 is 5.32 Å². The molecule has 0 aliphatic heterocycles. The Bertz CT molecular complexity index is 693. The van der Waals surface area contributed by atoms with E-state index in [2.05, 4.69) is 5.32 Å². The maximum absolute atomic E-state index is 12.0. The Morgan fingerprint density at radius 2 is 1.43 bits per heavy atom. The first-order valence-corrected chi connectivity index (χ1v) is 7.23. The van der Waals surface area contributed by atoms with Gasteiger partial charge in [-0.05, 0) is 11.1 Å². The Morgan fingerprint density at radius 3 is 2.04 bits per heavy atom. The molecule has 5 heteroatoms. The summed E-state index contributed by atoms with van der Waals surface area (Å²) >= 11 is 0. The van der Waals surface area contributed by atoms with E-state index in [0.29, 0.717) is 5.56 Å². The van der Waals surface area contributed by atoms with Crippen LogP contribution in [0, 0.1) is 0 Å². The van der Waals surface area contributed by atoms with Crippen LogP contribution in [0.25, 0.3) is 11.1 Å². The number of Topliss-reactive ketones (excluding diaryl/α,β-unsaturated/α-hetero) is 1. The van der Waals surface area contributed by atoms with Crippen LogP contribution in [0.3, 0.4) is 0 Å². The fourth-order valence-corrected chi connectivity index (χ4v) is 2.11. The average Bonchev–Trinajstić information content (AvgIpc) is 2.58. The number of carbonyl (C=O) groups excluding carboxylic acids is 2. The summed E-state index contributed by atoms with van der Waals surface area (Å²) in [7, 11) is 0. The summed E-state index contributed by atoms with van der Waals surface area (Å²) < 4.78 is 0. The maximum atomic E-state index is 12.0. The number of amides is 1. The number of nitrogens with one attached hydrogen (secondary N) is 1. The van der Waals surface area contributed by atoms with E-state index >= 15 is 0 Å². The molecule has 0 aliphatic carbocycles. The first-order chi connectivity index (χ1) is 11.1. The van der Waals surface area contributed by atoms with Crippen molar-refractivity contribution in [2.45, 2.75) is 12.8 Å². The summed E-state index contributed by atoms with van der Waals surface area (Å²) in [6.45, 7) is -0.432. The number of carbonyl (C=O) groups is 3. The molecule has 2 rings (SSSR count). The summed E-state index contributed by atoms with van der Waals surface area (Å²) in [6.07, 6.45) is 0.0304. The Kier molecular flexibility index (Phi) is 5.63. The summed E-state index contributed by atoms with van der Waals surface area (Å²) in [5, 5.41) is 10.7. The minimum atomic E-state index is -1.11. The highest BCUT2D eigenvalue weighted by Crippen LogP contribution is 2.19. The number of carboxylic acids is 1. The number of benzene rings is 2. The number of carboxylic acid groups (broad SMARTS) is 1. The average molecular weight is 311 g/mol. The van der Waals surface area contributed by atoms with Crippen LogP contribution in [0.4, 0.5) is 0 Å². The molecule has 2 aromatic carbocycles. The fourth-order valence-electron chi connectivity index (χ4n) is 2.11. The molecular formula is C18H17NO4. The van der Waals surface area contributed by atoms with E-state index in [1.54, 1.807) is 12.1 Å². The van der Waals surface area contributed by atoms with Gasteiger partial charge in [0.1, 0.15) is 6.54 Å². The summed E-state index contributed by atoms with van der Waals surface area (Å²) in [5.74, 6) is -1.70. The van der Waals surface area contributed by atoms with Crippen LogP contribution in [-0.2, 0) is 9.59 Å². The van der Waals surface area contributed by atoms with Crippen molar-refractivity contribution in [3.8, 4) is 11.1 Å². The van der Waals surface area contributed by atoms with Crippen molar-refractivity contribution < 1.29 is 19.5 Å². The van der Waals surface area contributed by atoms with Crippen molar-refractivity contribution in [3.63, 3.8) is 0 Å². The highest BCUT2D eigenvalue weighted by Gasteiger charge is 2.10. The fraction of sp³-hybridized carbons (Fsp3) is 0.167. The second-order valence-electron chi connectivity index (χ2n) is 5.04. The van der Waals surface area contributed by atoms with Gasteiger partial charge in [-0.3, -0.25) is 14.4 Å². The van der Waals surface area contributed by atoms with Crippen LogP contribution in [-0.4, -0.2) is 29.3 Å². The zero-order valence-corrected chi connectivity index (χ0v) is 12.5. The molecule has 0 aromatic heterocycles. The van der Waals surface area contributed by atoms with E-state index in [4.69, 9.17) is 5.11 Å². The first kappa shape index (κ1) is 16.4. The zero-order chi connectivity index (χ0) is 16.7. The Morgan fingerprint density at radius 1 is 0.826 bits per heavy atom. The molecule has 1 amide bonds. The molecule has 2 N–H and O–H groups in total. The maximum Gasteiger partial charge on any atom is 0.322 e. The lowest BCUT2D eigenvalue weighted by molar-refractivity contribution is -0.137.